The van der Waals surface area contributed by atoms with Crippen molar-refractivity contribution in [2.45, 2.75) is 38.3 Å². The average molecular weight is 385 g/mol. The zero-order valence-corrected chi connectivity index (χ0v) is 17.7. The topological polar surface area (TPSA) is 47.1 Å². The smallest absolute Gasteiger partial charge is 0.327 e. The fourth-order valence-electron chi connectivity index (χ4n) is 4.13. The Morgan fingerprint density at radius 2 is 1.71 bits per heavy atom. The van der Waals surface area contributed by atoms with Crippen molar-refractivity contribution in [1.82, 2.24) is 14.7 Å². The molecule has 2 saturated heterocycles. The second kappa shape index (κ2) is 7.95. The lowest BCUT2D eigenvalue weighted by molar-refractivity contribution is -0.136. The van der Waals surface area contributed by atoms with Crippen molar-refractivity contribution in [3.8, 4) is 0 Å². The summed E-state index contributed by atoms with van der Waals surface area (Å²) in [6, 6.07) is 8.22. The highest BCUT2D eigenvalue weighted by molar-refractivity contribution is 6.07. The van der Waals surface area contributed by atoms with Crippen LogP contribution < -0.4 is 4.90 Å². The zero-order valence-electron chi connectivity index (χ0n) is 17.7. The maximum atomic E-state index is 13.0. The highest BCUT2D eigenvalue weighted by atomic mass is 16.2. The molecule has 6 heteroatoms. The lowest BCUT2D eigenvalue weighted by Gasteiger charge is -2.40. The number of urea groups is 1. The van der Waals surface area contributed by atoms with Crippen LogP contribution in [0.15, 0.2) is 30.3 Å². The molecule has 152 valence electrons. The molecule has 2 heterocycles. The molecule has 0 aromatic heterocycles. The lowest BCUT2D eigenvalue weighted by atomic mass is 9.86. The molecule has 2 aliphatic rings. The average Bonchev–Trinajstić information content (AvgIpc) is 2.85. The van der Waals surface area contributed by atoms with Crippen LogP contribution in [0.5, 0.6) is 0 Å². The van der Waals surface area contributed by atoms with E-state index >= 15 is 0 Å². The number of carbonyl (C=O) groups is 2. The maximum absolute atomic E-state index is 13.0. The van der Waals surface area contributed by atoms with E-state index in [0.29, 0.717) is 12.8 Å². The number of anilines is 1. The molecule has 0 aliphatic carbocycles. The van der Waals surface area contributed by atoms with Crippen LogP contribution in [-0.2, 0) is 4.79 Å². The number of piperidine rings is 1. The van der Waals surface area contributed by atoms with Gasteiger partial charge in [0.15, 0.2) is 0 Å². The Morgan fingerprint density at radius 3 is 2.21 bits per heavy atom. The van der Waals surface area contributed by atoms with Gasteiger partial charge in [-0.05, 0) is 44.4 Å². The Morgan fingerprint density at radius 1 is 1.11 bits per heavy atom. The van der Waals surface area contributed by atoms with Crippen LogP contribution in [0.25, 0.3) is 6.08 Å². The van der Waals surface area contributed by atoms with Crippen LogP contribution in [0, 0.1) is 0 Å². The summed E-state index contributed by atoms with van der Waals surface area (Å²) in [5, 5.41) is 0. The van der Waals surface area contributed by atoms with E-state index in [4.69, 9.17) is 0 Å². The fraction of sp³-hybridized carbons (Fsp3) is 0.545. The van der Waals surface area contributed by atoms with Crippen molar-refractivity contribution in [3.63, 3.8) is 0 Å². The third-order valence-corrected chi connectivity index (χ3v) is 6.03. The summed E-state index contributed by atoms with van der Waals surface area (Å²) in [5.41, 5.74) is 1.72. The lowest BCUT2D eigenvalue weighted by Crippen LogP contribution is -2.55. The van der Waals surface area contributed by atoms with Gasteiger partial charge in [0.1, 0.15) is 5.54 Å². The van der Waals surface area contributed by atoms with Gasteiger partial charge in [-0.25, -0.2) is 4.79 Å². The van der Waals surface area contributed by atoms with Gasteiger partial charge in [0.2, 0.25) is 0 Å². The molecule has 0 radical (unpaired) electrons. The van der Waals surface area contributed by atoms with Gasteiger partial charge >= 0.3 is 6.03 Å². The first-order valence-corrected chi connectivity index (χ1v) is 10.0. The molecule has 2 aliphatic heterocycles. The number of likely N-dealkylation sites (tertiary alicyclic amines) is 1. The van der Waals surface area contributed by atoms with E-state index in [1.54, 1.807) is 11.9 Å². The van der Waals surface area contributed by atoms with Crippen molar-refractivity contribution in [3.05, 3.63) is 35.9 Å². The Kier molecular flexibility index (Phi) is 5.79. The molecule has 1 spiro atoms. The summed E-state index contributed by atoms with van der Waals surface area (Å²) in [7, 11) is 5.85. The molecule has 28 heavy (non-hydrogen) atoms. The van der Waals surface area contributed by atoms with E-state index in [9.17, 15) is 9.59 Å². The summed E-state index contributed by atoms with van der Waals surface area (Å²) in [6.07, 6.45) is 5.71. The number of nitrogens with zero attached hydrogens (tertiary/aromatic N) is 4. The molecule has 0 bridgehead atoms. The zero-order chi connectivity index (χ0) is 20.5. The van der Waals surface area contributed by atoms with E-state index in [0.717, 1.165) is 19.6 Å². The van der Waals surface area contributed by atoms with Gasteiger partial charge in [-0.3, -0.25) is 14.6 Å². The Balaban J connectivity index is 1.57. The molecule has 1 aromatic rings. The summed E-state index contributed by atoms with van der Waals surface area (Å²) >= 11 is 0. The van der Waals surface area contributed by atoms with Gasteiger partial charge in [-0.1, -0.05) is 24.3 Å². The van der Waals surface area contributed by atoms with Gasteiger partial charge in [0.05, 0.1) is 0 Å². The molecule has 3 amide bonds. The second-order valence-corrected chi connectivity index (χ2v) is 8.33. The van der Waals surface area contributed by atoms with Crippen LogP contribution in [0.4, 0.5) is 10.5 Å². The van der Waals surface area contributed by atoms with E-state index in [1.807, 2.05) is 27.9 Å². The molecule has 0 N–H and O–H groups in total. The van der Waals surface area contributed by atoms with E-state index < -0.39 is 5.54 Å². The molecule has 0 atom stereocenters. The molecule has 6 nitrogen and oxygen atoms in total. The Labute approximate surface area is 168 Å². The van der Waals surface area contributed by atoms with E-state index in [-0.39, 0.29) is 18.0 Å². The van der Waals surface area contributed by atoms with Crippen molar-refractivity contribution < 1.29 is 9.59 Å². The van der Waals surface area contributed by atoms with Gasteiger partial charge in [0.25, 0.3) is 5.91 Å². The van der Waals surface area contributed by atoms with Crippen LogP contribution >= 0.6 is 0 Å². The van der Waals surface area contributed by atoms with E-state index in [1.165, 1.54) is 16.2 Å². The second-order valence-electron chi connectivity index (χ2n) is 8.33. The largest absolute Gasteiger partial charge is 0.378 e. The van der Waals surface area contributed by atoms with Crippen molar-refractivity contribution >= 4 is 23.7 Å². The van der Waals surface area contributed by atoms with Crippen LogP contribution in [0.3, 0.4) is 0 Å². The van der Waals surface area contributed by atoms with Crippen LogP contribution in [-0.4, -0.2) is 79.0 Å². The molecule has 2 fully saturated rings. The molecular weight excluding hydrogens is 352 g/mol. The third kappa shape index (κ3) is 3.65. The highest BCUT2D eigenvalue weighted by Gasteiger charge is 2.56. The molecular formula is C22H32N4O2. The Hall–Kier alpha value is -2.34. The number of hydrogen-bond donors (Lipinski definition) is 0. The first kappa shape index (κ1) is 20.4. The molecule has 0 saturated carbocycles. The number of likely N-dealkylation sites (N-methyl/N-ethyl adjacent to an activating group) is 1. The minimum atomic E-state index is -0.649. The van der Waals surface area contributed by atoms with E-state index in [2.05, 4.69) is 46.2 Å². The van der Waals surface area contributed by atoms with Gasteiger partial charge < -0.3 is 9.80 Å². The molecule has 3 rings (SSSR count). The maximum Gasteiger partial charge on any atom is 0.327 e. The summed E-state index contributed by atoms with van der Waals surface area (Å²) < 4.78 is 0. The van der Waals surface area contributed by atoms with Crippen molar-refractivity contribution in [1.29, 1.82) is 0 Å². The van der Waals surface area contributed by atoms with Gasteiger partial charge in [-0.15, -0.1) is 0 Å². The number of amides is 3. The highest BCUT2D eigenvalue weighted by Crippen LogP contribution is 2.36. The molecule has 1 aromatic carbocycles. The third-order valence-electron chi connectivity index (χ3n) is 6.03. The van der Waals surface area contributed by atoms with Crippen molar-refractivity contribution in [2.24, 2.45) is 0 Å². The minimum Gasteiger partial charge on any atom is -0.378 e. The SMILES string of the molecule is CC(C)N1C(=O)N(C)C2(CCN(CC=Cc3ccc(N(C)C)cc3)CC2)C1=O. The van der Waals surface area contributed by atoms with Crippen LogP contribution in [0.2, 0.25) is 0 Å². The number of benzene rings is 1. The summed E-state index contributed by atoms with van der Waals surface area (Å²) in [6.45, 7) is 6.28. The van der Waals surface area contributed by atoms with Gasteiger partial charge in [0, 0.05) is 52.5 Å². The van der Waals surface area contributed by atoms with Crippen molar-refractivity contribution in [2.75, 3.05) is 45.7 Å². The normalized spacial score (nSPS) is 20.2. The standard InChI is InChI=1S/C22H32N4O2/c1-17(2)26-20(27)22(24(5)21(26)28)12-15-25(16-13-22)14-6-7-18-8-10-19(11-9-18)23(3)4/h6-11,17H,12-16H2,1-5H3. The number of carbonyl (C=O) groups excluding carboxylic acids is 2. The summed E-state index contributed by atoms with van der Waals surface area (Å²) in [4.78, 5) is 33.0. The van der Waals surface area contributed by atoms with Crippen LogP contribution in [0.1, 0.15) is 32.3 Å². The predicted octanol–water partition coefficient (Wildman–Crippen LogP) is 2.90. The monoisotopic (exact) mass is 384 g/mol. The minimum absolute atomic E-state index is 0.0221. The fourth-order valence-corrected chi connectivity index (χ4v) is 4.13. The number of imide groups is 1. The molecule has 0 unspecified atom stereocenters. The van der Waals surface area contributed by atoms with Gasteiger partial charge in [-0.2, -0.15) is 0 Å². The number of rotatable bonds is 5. The number of hydrogen-bond acceptors (Lipinski definition) is 4. The first-order valence-electron chi connectivity index (χ1n) is 10.0. The Bertz CT molecular complexity index is 746. The summed E-state index contributed by atoms with van der Waals surface area (Å²) in [5.74, 6) is -0.0221. The first-order chi connectivity index (χ1) is 13.3. The quantitative estimate of drug-likeness (QED) is 0.733. The predicted molar refractivity (Wildman–Crippen MR) is 113 cm³/mol.